The van der Waals surface area contributed by atoms with E-state index in [9.17, 15) is 4.39 Å². The standard InChI is InChI=1S/C13H17FN2/c14-8-9-7-12(5-6-13(9)15)16-10-1-2-11(16)4-3-10/h5-7,10-11H,1-4,8,15H2. The molecule has 2 aliphatic heterocycles. The van der Waals surface area contributed by atoms with Gasteiger partial charge in [0.2, 0.25) is 0 Å². The summed E-state index contributed by atoms with van der Waals surface area (Å²) in [5, 5.41) is 0. The van der Waals surface area contributed by atoms with Crippen molar-refractivity contribution in [2.75, 3.05) is 10.6 Å². The summed E-state index contributed by atoms with van der Waals surface area (Å²) in [7, 11) is 0. The van der Waals surface area contributed by atoms with Gasteiger partial charge in [-0.3, -0.25) is 0 Å². The van der Waals surface area contributed by atoms with Gasteiger partial charge in [-0.1, -0.05) is 0 Å². The van der Waals surface area contributed by atoms with Gasteiger partial charge in [0.1, 0.15) is 6.67 Å². The van der Waals surface area contributed by atoms with Crippen molar-refractivity contribution in [1.82, 2.24) is 0 Å². The van der Waals surface area contributed by atoms with E-state index in [2.05, 4.69) is 4.90 Å². The molecule has 0 aliphatic carbocycles. The van der Waals surface area contributed by atoms with E-state index in [1.54, 1.807) is 0 Å². The minimum Gasteiger partial charge on any atom is -0.398 e. The highest BCUT2D eigenvalue weighted by molar-refractivity contribution is 5.60. The third-order valence-corrected chi connectivity index (χ3v) is 4.02. The second-order valence-corrected chi connectivity index (χ2v) is 4.89. The molecule has 2 bridgehead atoms. The van der Waals surface area contributed by atoms with E-state index in [1.807, 2.05) is 18.2 Å². The van der Waals surface area contributed by atoms with Gasteiger partial charge in [0.15, 0.2) is 0 Å². The van der Waals surface area contributed by atoms with Crippen molar-refractivity contribution in [3.63, 3.8) is 0 Å². The SMILES string of the molecule is Nc1ccc(N2C3CCC2CC3)cc1CF. The molecule has 1 aromatic carbocycles. The number of alkyl halides is 1. The summed E-state index contributed by atoms with van der Waals surface area (Å²) in [6.07, 6.45) is 5.17. The van der Waals surface area contributed by atoms with E-state index >= 15 is 0 Å². The Morgan fingerprint density at radius 2 is 1.81 bits per heavy atom. The Morgan fingerprint density at radius 1 is 1.19 bits per heavy atom. The lowest BCUT2D eigenvalue weighted by molar-refractivity contribution is 0.486. The first-order valence-electron chi connectivity index (χ1n) is 6.02. The molecule has 0 atom stereocenters. The Morgan fingerprint density at radius 3 is 2.38 bits per heavy atom. The van der Waals surface area contributed by atoms with Crippen LogP contribution in [0.5, 0.6) is 0 Å². The highest BCUT2D eigenvalue weighted by Gasteiger charge is 2.39. The van der Waals surface area contributed by atoms with Crippen molar-refractivity contribution >= 4 is 11.4 Å². The molecule has 0 amide bonds. The van der Waals surface area contributed by atoms with Crippen molar-refractivity contribution in [2.24, 2.45) is 0 Å². The van der Waals surface area contributed by atoms with Gasteiger partial charge in [0.05, 0.1) is 0 Å². The molecule has 2 heterocycles. The number of rotatable bonds is 2. The van der Waals surface area contributed by atoms with Gasteiger partial charge in [-0.2, -0.15) is 0 Å². The number of nitrogen functional groups attached to an aromatic ring is 1. The molecule has 2 aliphatic rings. The monoisotopic (exact) mass is 220 g/mol. The zero-order chi connectivity index (χ0) is 11.1. The van der Waals surface area contributed by atoms with Crippen molar-refractivity contribution in [2.45, 2.75) is 44.4 Å². The van der Waals surface area contributed by atoms with E-state index in [4.69, 9.17) is 5.73 Å². The van der Waals surface area contributed by atoms with Crippen LogP contribution in [0.4, 0.5) is 15.8 Å². The fourth-order valence-corrected chi connectivity index (χ4v) is 3.20. The first-order valence-corrected chi connectivity index (χ1v) is 6.02. The molecule has 1 aromatic rings. The molecule has 2 saturated heterocycles. The summed E-state index contributed by atoms with van der Waals surface area (Å²) in [5.41, 5.74) is 8.08. The van der Waals surface area contributed by atoms with Crippen LogP contribution in [-0.2, 0) is 6.67 Å². The molecule has 16 heavy (non-hydrogen) atoms. The zero-order valence-electron chi connectivity index (χ0n) is 9.32. The van der Waals surface area contributed by atoms with Crippen LogP contribution in [0.15, 0.2) is 18.2 Å². The fourth-order valence-electron chi connectivity index (χ4n) is 3.20. The number of hydrogen-bond donors (Lipinski definition) is 1. The van der Waals surface area contributed by atoms with Crippen molar-refractivity contribution in [3.05, 3.63) is 23.8 Å². The van der Waals surface area contributed by atoms with Gasteiger partial charge in [0.25, 0.3) is 0 Å². The number of nitrogens with two attached hydrogens (primary N) is 1. The maximum Gasteiger partial charge on any atom is 0.117 e. The Balaban J connectivity index is 1.95. The molecule has 0 aromatic heterocycles. The lowest BCUT2D eigenvalue weighted by Gasteiger charge is -2.25. The number of nitrogens with zero attached hydrogens (tertiary/aromatic N) is 1. The second-order valence-electron chi connectivity index (χ2n) is 4.89. The first-order chi connectivity index (χ1) is 7.79. The van der Waals surface area contributed by atoms with Gasteiger partial charge < -0.3 is 10.6 Å². The third kappa shape index (κ3) is 1.38. The van der Waals surface area contributed by atoms with Crippen molar-refractivity contribution in [1.29, 1.82) is 0 Å². The number of anilines is 2. The smallest absolute Gasteiger partial charge is 0.117 e. The molecule has 2 fully saturated rings. The number of benzene rings is 1. The van der Waals surface area contributed by atoms with Crippen LogP contribution in [0.1, 0.15) is 31.2 Å². The highest BCUT2D eigenvalue weighted by atomic mass is 19.1. The quantitative estimate of drug-likeness (QED) is 0.776. The van der Waals surface area contributed by atoms with E-state index in [1.165, 1.54) is 25.7 Å². The summed E-state index contributed by atoms with van der Waals surface area (Å²) in [6, 6.07) is 7.15. The van der Waals surface area contributed by atoms with Gasteiger partial charge in [-0.15, -0.1) is 0 Å². The second kappa shape index (κ2) is 3.65. The predicted octanol–water partition coefficient (Wildman–Crippen LogP) is 2.87. The summed E-state index contributed by atoms with van der Waals surface area (Å²) in [6.45, 7) is -0.469. The van der Waals surface area contributed by atoms with E-state index in [0.717, 1.165) is 5.69 Å². The summed E-state index contributed by atoms with van der Waals surface area (Å²) >= 11 is 0. The van der Waals surface area contributed by atoms with E-state index in [0.29, 0.717) is 23.3 Å². The van der Waals surface area contributed by atoms with Crippen LogP contribution in [-0.4, -0.2) is 12.1 Å². The Labute approximate surface area is 95.2 Å². The average Bonchev–Trinajstić information content (AvgIpc) is 2.89. The number of hydrogen-bond acceptors (Lipinski definition) is 2. The van der Waals surface area contributed by atoms with Gasteiger partial charge in [-0.25, -0.2) is 4.39 Å². The van der Waals surface area contributed by atoms with Gasteiger partial charge in [0, 0.05) is 29.0 Å². The molecule has 0 unspecified atom stereocenters. The Hall–Kier alpha value is -1.25. The lowest BCUT2D eigenvalue weighted by atomic mass is 10.0. The first kappa shape index (κ1) is 9.94. The zero-order valence-corrected chi connectivity index (χ0v) is 9.32. The fraction of sp³-hybridized carbons (Fsp3) is 0.538. The van der Waals surface area contributed by atoms with Crippen molar-refractivity contribution in [3.8, 4) is 0 Å². The molecule has 0 saturated carbocycles. The molecule has 3 heteroatoms. The topological polar surface area (TPSA) is 29.3 Å². The molecule has 2 nitrogen and oxygen atoms in total. The molecule has 2 N–H and O–H groups in total. The van der Waals surface area contributed by atoms with Crippen LogP contribution in [0, 0.1) is 0 Å². The van der Waals surface area contributed by atoms with Crippen LogP contribution in [0.25, 0.3) is 0 Å². The molecular weight excluding hydrogens is 203 g/mol. The third-order valence-electron chi connectivity index (χ3n) is 4.02. The molecule has 0 radical (unpaired) electrons. The normalized spacial score (nSPS) is 27.7. The van der Waals surface area contributed by atoms with Crippen LogP contribution >= 0.6 is 0 Å². The van der Waals surface area contributed by atoms with Crippen molar-refractivity contribution < 1.29 is 4.39 Å². The largest absolute Gasteiger partial charge is 0.398 e. The lowest BCUT2D eigenvalue weighted by Crippen LogP contribution is -2.28. The minimum atomic E-state index is -0.469. The Kier molecular flexibility index (Phi) is 2.27. The maximum atomic E-state index is 12.8. The van der Waals surface area contributed by atoms with Crippen LogP contribution in [0.3, 0.4) is 0 Å². The molecule has 0 spiro atoms. The van der Waals surface area contributed by atoms with E-state index < -0.39 is 6.67 Å². The molecule has 86 valence electrons. The van der Waals surface area contributed by atoms with E-state index in [-0.39, 0.29) is 0 Å². The average molecular weight is 220 g/mol. The maximum absolute atomic E-state index is 12.8. The predicted molar refractivity (Wildman–Crippen MR) is 64.2 cm³/mol. The van der Waals surface area contributed by atoms with Crippen LogP contribution < -0.4 is 10.6 Å². The Bertz CT molecular complexity index is 385. The summed E-state index contributed by atoms with van der Waals surface area (Å²) < 4.78 is 12.8. The number of fused-ring (bicyclic) bond motifs is 2. The number of halogens is 1. The van der Waals surface area contributed by atoms with Crippen LogP contribution in [0.2, 0.25) is 0 Å². The van der Waals surface area contributed by atoms with Gasteiger partial charge >= 0.3 is 0 Å². The van der Waals surface area contributed by atoms with Gasteiger partial charge in [-0.05, 0) is 43.9 Å². The summed E-state index contributed by atoms with van der Waals surface area (Å²) in [4.78, 5) is 2.47. The highest BCUT2D eigenvalue weighted by Crippen LogP contribution is 2.41. The molecular formula is C13H17FN2. The molecule has 3 rings (SSSR count). The summed E-state index contributed by atoms with van der Waals surface area (Å²) in [5.74, 6) is 0. The minimum absolute atomic E-state index is 0.469.